The molecule has 1 N–H and O–H groups in total. The fourth-order valence-electron chi connectivity index (χ4n) is 1.47. The molecule has 0 aliphatic carbocycles. The van der Waals surface area contributed by atoms with Crippen LogP contribution in [0.1, 0.15) is 58.3 Å². The molecule has 2 nitrogen and oxygen atoms in total. The molecule has 0 aliphatic heterocycles. The average Bonchev–Trinajstić information content (AvgIpc) is 2.14. The molecule has 0 aliphatic rings. The third-order valence-electron chi connectivity index (χ3n) is 2.33. The molecule has 0 radical (unpaired) electrons. The molecule has 92 valence electrons. The maximum atomic E-state index is 9.22. The van der Waals surface area contributed by atoms with E-state index in [1.54, 1.807) is 6.66 Å². The lowest BCUT2D eigenvalue weighted by Crippen LogP contribution is -1.91. The van der Waals surface area contributed by atoms with Gasteiger partial charge in [0.2, 0.25) is 0 Å². The van der Waals surface area contributed by atoms with Crippen molar-refractivity contribution in [3.05, 3.63) is 0 Å². The summed E-state index contributed by atoms with van der Waals surface area (Å²) in [7, 11) is 0. The Morgan fingerprint density at radius 1 is 1.00 bits per heavy atom. The third kappa shape index (κ3) is 14.6. The van der Waals surface area contributed by atoms with Gasteiger partial charge in [0.25, 0.3) is 0 Å². The van der Waals surface area contributed by atoms with Crippen molar-refractivity contribution in [2.75, 3.05) is 13.3 Å². The molecule has 1 unspecified atom stereocenters. The predicted molar refractivity (Wildman–Crippen MR) is 71.0 cm³/mol. The molecule has 0 saturated carbocycles. The molecule has 0 rings (SSSR count). The molecule has 0 aromatic carbocycles. The van der Waals surface area contributed by atoms with E-state index in [2.05, 4.69) is 6.92 Å². The van der Waals surface area contributed by atoms with Crippen LogP contribution in [0, 0.1) is 0 Å². The number of hydrogen-bond acceptors (Lipinski definition) is 2. The van der Waals surface area contributed by atoms with Crippen LogP contribution in [-0.4, -0.2) is 18.2 Å². The molecule has 15 heavy (non-hydrogen) atoms. The largest absolute Gasteiger partial charge is 0.345 e. The van der Waals surface area contributed by atoms with E-state index >= 15 is 0 Å². The Bertz CT molecular complexity index is 179. The van der Waals surface area contributed by atoms with E-state index in [1.165, 1.54) is 44.9 Å². The topological polar surface area (TPSA) is 29.5 Å². The highest BCUT2D eigenvalue weighted by Gasteiger charge is 2.02. The van der Waals surface area contributed by atoms with Crippen molar-refractivity contribution in [1.82, 2.24) is 0 Å². The zero-order valence-electron chi connectivity index (χ0n) is 10.1. The highest BCUT2D eigenvalue weighted by Crippen LogP contribution is 2.37. The van der Waals surface area contributed by atoms with Gasteiger partial charge in [-0.25, -0.2) is 0 Å². The van der Waals surface area contributed by atoms with E-state index < -0.39 is 6.49 Å². The van der Waals surface area contributed by atoms with Crippen LogP contribution in [0.4, 0.5) is 0 Å². The molecular weight excluding hydrogens is 227 g/mol. The minimum atomic E-state index is -2.40. The Morgan fingerprint density at radius 2 is 1.47 bits per heavy atom. The van der Waals surface area contributed by atoms with Gasteiger partial charge in [-0.05, 0) is 18.2 Å². The normalized spacial score (nSPS) is 15.1. The van der Waals surface area contributed by atoms with Crippen LogP contribution >= 0.6 is 6.49 Å². The minimum absolute atomic E-state index is 0.624. The summed E-state index contributed by atoms with van der Waals surface area (Å²) < 4.78 is 5.16. The SMILES string of the molecule is CCCCCCCCCCOP(C)(O)=S. The Labute approximate surface area is 99.6 Å². The third-order valence-corrected chi connectivity index (χ3v) is 3.31. The maximum absolute atomic E-state index is 9.22. The second-order valence-electron chi connectivity index (χ2n) is 4.11. The molecule has 0 spiro atoms. The summed E-state index contributed by atoms with van der Waals surface area (Å²) in [5.74, 6) is 0. The van der Waals surface area contributed by atoms with Gasteiger partial charge in [0, 0.05) is 6.66 Å². The Balaban J connectivity index is 3.02. The van der Waals surface area contributed by atoms with Crippen molar-refractivity contribution >= 4 is 18.3 Å². The van der Waals surface area contributed by atoms with Crippen LogP contribution in [0.5, 0.6) is 0 Å². The summed E-state index contributed by atoms with van der Waals surface area (Å²) in [5.41, 5.74) is 0. The van der Waals surface area contributed by atoms with Crippen molar-refractivity contribution < 1.29 is 9.42 Å². The Morgan fingerprint density at radius 3 is 1.93 bits per heavy atom. The first-order valence-electron chi connectivity index (χ1n) is 6.01. The minimum Gasteiger partial charge on any atom is -0.345 e. The van der Waals surface area contributed by atoms with Gasteiger partial charge in [-0.15, -0.1) is 0 Å². The molecule has 4 heteroatoms. The van der Waals surface area contributed by atoms with Crippen LogP contribution < -0.4 is 0 Å². The zero-order chi connectivity index (χ0) is 11.6. The summed E-state index contributed by atoms with van der Waals surface area (Å²) in [4.78, 5) is 9.22. The smallest absolute Gasteiger partial charge is 0.183 e. The monoisotopic (exact) mass is 252 g/mol. The molecule has 1 atom stereocenters. The van der Waals surface area contributed by atoms with Crippen LogP contribution in [0.3, 0.4) is 0 Å². The van der Waals surface area contributed by atoms with Crippen molar-refractivity contribution in [3.63, 3.8) is 0 Å². The highest BCUT2D eigenvalue weighted by molar-refractivity contribution is 8.09. The Kier molecular flexibility index (Phi) is 10.1. The quantitative estimate of drug-likeness (QED) is 0.469. The van der Waals surface area contributed by atoms with Crippen LogP contribution in [0.2, 0.25) is 0 Å². The summed E-state index contributed by atoms with van der Waals surface area (Å²) in [6.45, 7) is 2.06. The van der Waals surface area contributed by atoms with Gasteiger partial charge >= 0.3 is 0 Å². The zero-order valence-corrected chi connectivity index (χ0v) is 11.8. The van der Waals surface area contributed by atoms with Crippen LogP contribution in [-0.2, 0) is 16.3 Å². The molecule has 0 amide bonds. The summed E-state index contributed by atoms with van der Waals surface area (Å²) >= 11 is 4.78. The van der Waals surface area contributed by atoms with Crippen molar-refractivity contribution in [2.24, 2.45) is 0 Å². The van der Waals surface area contributed by atoms with E-state index in [4.69, 9.17) is 16.3 Å². The lowest BCUT2D eigenvalue weighted by atomic mass is 10.1. The number of unbranched alkanes of at least 4 members (excludes halogenated alkanes) is 7. The highest BCUT2D eigenvalue weighted by atomic mass is 32.5. The summed E-state index contributed by atoms with van der Waals surface area (Å²) in [6, 6.07) is 0. The van der Waals surface area contributed by atoms with Crippen molar-refractivity contribution in [1.29, 1.82) is 0 Å². The standard InChI is InChI=1S/C11H25O2PS/c1-3-4-5-6-7-8-9-10-11-13-14(2,12)15/h3-11H2,1-2H3,(H,12,15). The maximum Gasteiger partial charge on any atom is 0.183 e. The average molecular weight is 252 g/mol. The lowest BCUT2D eigenvalue weighted by Gasteiger charge is -2.09. The number of hydrogen-bond donors (Lipinski definition) is 1. The van der Waals surface area contributed by atoms with Crippen molar-refractivity contribution in [3.8, 4) is 0 Å². The van der Waals surface area contributed by atoms with Gasteiger partial charge in [-0.1, -0.05) is 51.9 Å². The van der Waals surface area contributed by atoms with E-state index in [0.717, 1.165) is 6.42 Å². The van der Waals surface area contributed by atoms with E-state index in [1.807, 2.05) is 0 Å². The van der Waals surface area contributed by atoms with Gasteiger partial charge in [-0.2, -0.15) is 0 Å². The van der Waals surface area contributed by atoms with Gasteiger partial charge in [0.15, 0.2) is 6.49 Å². The van der Waals surface area contributed by atoms with Gasteiger partial charge in [-0.3, -0.25) is 0 Å². The molecule has 0 aromatic heterocycles. The van der Waals surface area contributed by atoms with Crippen LogP contribution in [0.25, 0.3) is 0 Å². The molecule has 0 aromatic rings. The fourth-order valence-corrected chi connectivity index (χ4v) is 2.16. The molecular formula is C11H25O2PS. The van der Waals surface area contributed by atoms with Gasteiger partial charge in [0.05, 0.1) is 6.61 Å². The van der Waals surface area contributed by atoms with E-state index in [-0.39, 0.29) is 0 Å². The second-order valence-corrected chi connectivity index (χ2v) is 8.01. The summed E-state index contributed by atoms with van der Waals surface area (Å²) in [5, 5.41) is 0. The van der Waals surface area contributed by atoms with Crippen molar-refractivity contribution in [2.45, 2.75) is 58.3 Å². The molecule has 0 saturated heterocycles. The predicted octanol–water partition coefficient (Wildman–Crippen LogP) is 4.08. The first-order chi connectivity index (χ1) is 7.06. The van der Waals surface area contributed by atoms with Crippen LogP contribution in [0.15, 0.2) is 0 Å². The van der Waals surface area contributed by atoms with Gasteiger partial charge in [0.1, 0.15) is 0 Å². The molecule has 0 bridgehead atoms. The first-order valence-corrected chi connectivity index (χ1v) is 9.13. The second kappa shape index (κ2) is 9.77. The van der Waals surface area contributed by atoms with E-state index in [9.17, 15) is 4.89 Å². The van der Waals surface area contributed by atoms with E-state index in [0.29, 0.717) is 6.61 Å². The number of rotatable bonds is 10. The summed E-state index contributed by atoms with van der Waals surface area (Å²) in [6.07, 6.45) is 10.3. The lowest BCUT2D eigenvalue weighted by molar-refractivity contribution is 0.299. The fraction of sp³-hybridized carbons (Fsp3) is 1.00. The molecule has 0 heterocycles. The molecule has 0 fully saturated rings. The first kappa shape index (κ1) is 15.6. The van der Waals surface area contributed by atoms with Gasteiger partial charge < -0.3 is 9.42 Å². The Hall–Kier alpha value is 0.570.